The van der Waals surface area contributed by atoms with Gasteiger partial charge in [0, 0.05) is 18.2 Å². The minimum absolute atomic E-state index is 0.0104. The molecule has 1 saturated carbocycles. The van der Waals surface area contributed by atoms with Crippen molar-refractivity contribution >= 4 is 23.2 Å². The molecule has 5 heteroatoms. The summed E-state index contributed by atoms with van der Waals surface area (Å²) < 4.78 is 0. The van der Waals surface area contributed by atoms with E-state index in [9.17, 15) is 9.59 Å². The van der Waals surface area contributed by atoms with E-state index in [1.54, 1.807) is 24.3 Å². The average molecular weight is 408 g/mol. The molecule has 0 saturated heterocycles. The maximum Gasteiger partial charge on any atom is 0.323 e. The molecule has 0 aromatic heterocycles. The van der Waals surface area contributed by atoms with Crippen molar-refractivity contribution in [2.45, 2.75) is 65.0 Å². The van der Waals surface area contributed by atoms with Crippen molar-refractivity contribution in [3.63, 3.8) is 0 Å². The van der Waals surface area contributed by atoms with Gasteiger partial charge in [0.1, 0.15) is 0 Å². The number of carbonyl (C=O) groups excluding carboxylic acids is 2. The van der Waals surface area contributed by atoms with Crippen LogP contribution in [-0.2, 0) is 6.54 Å². The average Bonchev–Trinajstić information content (AvgIpc) is 2.74. The Balaban J connectivity index is 1.74. The van der Waals surface area contributed by atoms with Gasteiger partial charge in [-0.1, -0.05) is 50.3 Å². The summed E-state index contributed by atoms with van der Waals surface area (Å²) in [5.41, 5.74) is 8.78. The van der Waals surface area contributed by atoms with Gasteiger partial charge in [0.15, 0.2) is 5.78 Å². The van der Waals surface area contributed by atoms with Crippen molar-refractivity contribution in [1.29, 1.82) is 0 Å². The highest BCUT2D eigenvalue weighted by atomic mass is 16.2. The number of hydrogen-bond donors (Lipinski definition) is 2. The van der Waals surface area contributed by atoms with Gasteiger partial charge in [-0.3, -0.25) is 9.69 Å². The van der Waals surface area contributed by atoms with Crippen LogP contribution in [0.2, 0.25) is 0 Å². The predicted molar refractivity (Wildman–Crippen MR) is 122 cm³/mol. The van der Waals surface area contributed by atoms with Crippen molar-refractivity contribution in [1.82, 2.24) is 5.32 Å². The Morgan fingerprint density at radius 1 is 1.07 bits per heavy atom. The van der Waals surface area contributed by atoms with Crippen LogP contribution < -0.4 is 16.0 Å². The summed E-state index contributed by atoms with van der Waals surface area (Å²) in [6.45, 7) is 4.43. The van der Waals surface area contributed by atoms with Gasteiger partial charge in [-0.05, 0) is 62.1 Å². The highest BCUT2D eigenvalue weighted by Gasteiger charge is 2.20. The SMILES string of the molecule is CC(=O)c1ccc(N(C(N)=O)c2ccccc2CN[C@@H](C)CC2CCCCC2)cc1. The zero-order valence-corrected chi connectivity index (χ0v) is 18.1. The first-order valence-electron chi connectivity index (χ1n) is 11.0. The van der Waals surface area contributed by atoms with E-state index in [-0.39, 0.29) is 5.78 Å². The third-order valence-corrected chi connectivity index (χ3v) is 6.04. The second-order valence-corrected chi connectivity index (χ2v) is 8.43. The summed E-state index contributed by atoms with van der Waals surface area (Å²) in [5, 5.41) is 3.63. The Kier molecular flexibility index (Phi) is 7.63. The molecule has 0 bridgehead atoms. The van der Waals surface area contributed by atoms with E-state index in [1.807, 2.05) is 24.3 Å². The number of ketones is 1. The highest BCUT2D eigenvalue weighted by molar-refractivity contribution is 6.00. The van der Waals surface area contributed by atoms with Gasteiger partial charge < -0.3 is 11.1 Å². The molecule has 0 unspecified atom stereocenters. The summed E-state index contributed by atoms with van der Waals surface area (Å²) in [4.78, 5) is 25.4. The van der Waals surface area contributed by atoms with Crippen LogP contribution in [0.15, 0.2) is 48.5 Å². The zero-order chi connectivity index (χ0) is 21.5. The van der Waals surface area contributed by atoms with Gasteiger partial charge in [-0.25, -0.2) is 4.79 Å². The van der Waals surface area contributed by atoms with E-state index < -0.39 is 6.03 Å². The second kappa shape index (κ2) is 10.4. The molecule has 0 heterocycles. The number of primary amides is 1. The molecule has 160 valence electrons. The predicted octanol–water partition coefficient (Wildman–Crippen LogP) is 5.55. The van der Waals surface area contributed by atoms with Crippen LogP contribution in [0.5, 0.6) is 0 Å². The van der Waals surface area contributed by atoms with E-state index in [0.717, 1.165) is 17.2 Å². The Labute approximate surface area is 179 Å². The first-order valence-corrected chi connectivity index (χ1v) is 11.0. The number of Topliss-reactive ketones (excluding diaryl/α,β-unsaturated/α-hetero) is 1. The van der Waals surface area contributed by atoms with Crippen LogP contribution >= 0.6 is 0 Å². The molecule has 3 rings (SSSR count). The van der Waals surface area contributed by atoms with E-state index in [1.165, 1.54) is 50.3 Å². The van der Waals surface area contributed by atoms with Gasteiger partial charge in [0.05, 0.1) is 11.4 Å². The van der Waals surface area contributed by atoms with Gasteiger partial charge in [0.2, 0.25) is 0 Å². The van der Waals surface area contributed by atoms with Crippen LogP contribution in [0, 0.1) is 5.92 Å². The molecule has 2 aromatic rings. The molecule has 2 amide bonds. The molecule has 30 heavy (non-hydrogen) atoms. The fourth-order valence-corrected chi connectivity index (χ4v) is 4.40. The number of nitrogens with two attached hydrogens (primary N) is 1. The summed E-state index contributed by atoms with van der Waals surface area (Å²) in [5.74, 6) is 0.808. The molecule has 5 nitrogen and oxygen atoms in total. The number of amides is 2. The number of nitrogens with one attached hydrogen (secondary N) is 1. The van der Waals surface area contributed by atoms with E-state index >= 15 is 0 Å². The number of carbonyl (C=O) groups is 2. The van der Waals surface area contributed by atoms with Crippen LogP contribution in [0.3, 0.4) is 0 Å². The van der Waals surface area contributed by atoms with Crippen LogP contribution in [-0.4, -0.2) is 17.9 Å². The maximum atomic E-state index is 12.3. The fraction of sp³-hybridized carbons (Fsp3) is 0.440. The van der Waals surface area contributed by atoms with Gasteiger partial charge in [-0.15, -0.1) is 0 Å². The standard InChI is InChI=1S/C25H33N3O2/c1-18(16-20-8-4-3-5-9-20)27-17-22-10-6-7-11-24(22)28(25(26)30)23-14-12-21(13-15-23)19(2)29/h6-7,10-15,18,20,27H,3-5,8-9,16-17H2,1-2H3,(H2,26,30)/t18-/m0/s1. The first kappa shape index (κ1) is 22.0. The molecule has 1 fully saturated rings. The monoisotopic (exact) mass is 407 g/mol. The second-order valence-electron chi connectivity index (χ2n) is 8.43. The zero-order valence-electron chi connectivity index (χ0n) is 18.1. The minimum atomic E-state index is -0.548. The van der Waals surface area contributed by atoms with Crippen LogP contribution in [0.1, 0.15) is 68.3 Å². The van der Waals surface area contributed by atoms with Crippen LogP contribution in [0.4, 0.5) is 16.2 Å². The van der Waals surface area contributed by atoms with E-state index in [4.69, 9.17) is 5.73 Å². The number of para-hydroxylation sites is 1. The largest absolute Gasteiger partial charge is 0.351 e. The smallest absolute Gasteiger partial charge is 0.323 e. The van der Waals surface area contributed by atoms with Crippen LogP contribution in [0.25, 0.3) is 0 Å². The molecule has 1 aliphatic rings. The van der Waals surface area contributed by atoms with Crippen molar-refractivity contribution in [3.8, 4) is 0 Å². The third kappa shape index (κ3) is 5.70. The molecule has 2 aromatic carbocycles. The molecule has 1 atom stereocenters. The number of rotatable bonds is 8. The van der Waals surface area contributed by atoms with Crippen molar-refractivity contribution in [2.24, 2.45) is 11.7 Å². The highest BCUT2D eigenvalue weighted by Crippen LogP contribution is 2.30. The van der Waals surface area contributed by atoms with Crippen molar-refractivity contribution in [2.75, 3.05) is 4.90 Å². The molecule has 1 aliphatic carbocycles. The summed E-state index contributed by atoms with van der Waals surface area (Å²) in [6.07, 6.45) is 7.96. The number of nitrogens with zero attached hydrogens (tertiary/aromatic N) is 1. The maximum absolute atomic E-state index is 12.3. The summed E-state index contributed by atoms with van der Waals surface area (Å²) >= 11 is 0. The lowest BCUT2D eigenvalue weighted by Crippen LogP contribution is -2.33. The molecule has 0 spiro atoms. The summed E-state index contributed by atoms with van der Waals surface area (Å²) in [6, 6.07) is 14.7. The fourth-order valence-electron chi connectivity index (χ4n) is 4.40. The van der Waals surface area contributed by atoms with E-state index in [0.29, 0.717) is 23.8 Å². The normalized spacial score (nSPS) is 15.5. The van der Waals surface area contributed by atoms with Gasteiger partial charge in [0.25, 0.3) is 0 Å². The van der Waals surface area contributed by atoms with Gasteiger partial charge >= 0.3 is 6.03 Å². The number of urea groups is 1. The minimum Gasteiger partial charge on any atom is -0.351 e. The number of benzene rings is 2. The summed E-state index contributed by atoms with van der Waals surface area (Å²) in [7, 11) is 0. The van der Waals surface area contributed by atoms with E-state index in [2.05, 4.69) is 12.2 Å². The Morgan fingerprint density at radius 3 is 2.37 bits per heavy atom. The van der Waals surface area contributed by atoms with Gasteiger partial charge in [-0.2, -0.15) is 0 Å². The molecular weight excluding hydrogens is 374 g/mol. The topological polar surface area (TPSA) is 75.4 Å². The molecular formula is C25H33N3O2. The lowest BCUT2D eigenvalue weighted by atomic mass is 9.85. The Bertz CT molecular complexity index is 857. The number of hydrogen-bond acceptors (Lipinski definition) is 3. The lowest BCUT2D eigenvalue weighted by Gasteiger charge is -2.27. The van der Waals surface area contributed by atoms with Crippen molar-refractivity contribution in [3.05, 3.63) is 59.7 Å². The molecule has 0 radical (unpaired) electrons. The molecule has 3 N–H and O–H groups in total. The first-order chi connectivity index (χ1) is 14.5. The Hall–Kier alpha value is -2.66. The number of anilines is 2. The quantitative estimate of drug-likeness (QED) is 0.563. The molecule has 0 aliphatic heterocycles. The Morgan fingerprint density at radius 2 is 1.73 bits per heavy atom. The lowest BCUT2D eigenvalue weighted by molar-refractivity contribution is 0.101. The third-order valence-electron chi connectivity index (χ3n) is 6.04. The van der Waals surface area contributed by atoms with Crippen molar-refractivity contribution < 1.29 is 9.59 Å².